The van der Waals surface area contributed by atoms with Crippen LogP contribution in [0, 0.1) is 0 Å². The molecule has 130 valence electrons. The number of para-hydroxylation sites is 2. The van der Waals surface area contributed by atoms with Gasteiger partial charge in [-0.25, -0.2) is 9.97 Å². The highest BCUT2D eigenvalue weighted by Crippen LogP contribution is 2.26. The predicted molar refractivity (Wildman–Crippen MR) is 98.1 cm³/mol. The molecule has 25 heavy (non-hydrogen) atoms. The third-order valence-corrected chi connectivity index (χ3v) is 3.82. The van der Waals surface area contributed by atoms with Crippen molar-refractivity contribution in [3.8, 4) is 0 Å². The number of nitrogens with zero attached hydrogens (tertiary/aromatic N) is 3. The van der Waals surface area contributed by atoms with E-state index in [1.807, 2.05) is 24.3 Å². The van der Waals surface area contributed by atoms with Crippen molar-refractivity contribution >= 4 is 23.1 Å². The Balaban J connectivity index is 1.71. The van der Waals surface area contributed by atoms with E-state index in [0.29, 0.717) is 25.6 Å². The Morgan fingerprint density at radius 2 is 2.04 bits per heavy atom. The van der Waals surface area contributed by atoms with Gasteiger partial charge in [-0.15, -0.1) is 6.58 Å². The van der Waals surface area contributed by atoms with E-state index in [0.717, 1.165) is 24.5 Å². The normalized spacial score (nSPS) is 14.0. The van der Waals surface area contributed by atoms with Crippen molar-refractivity contribution in [2.24, 2.45) is 0 Å². The zero-order chi connectivity index (χ0) is 17.5. The van der Waals surface area contributed by atoms with Crippen LogP contribution in [0.5, 0.6) is 0 Å². The van der Waals surface area contributed by atoms with Crippen LogP contribution in [0.4, 0.5) is 17.2 Å². The summed E-state index contributed by atoms with van der Waals surface area (Å²) in [6.45, 7) is 7.20. The number of nitrogens with one attached hydrogen (secondary N) is 2. The summed E-state index contributed by atoms with van der Waals surface area (Å²) in [7, 11) is 0. The number of carbonyl (C=O) groups is 1. The average molecular weight is 339 g/mol. The summed E-state index contributed by atoms with van der Waals surface area (Å²) in [4.78, 5) is 23.0. The fourth-order valence-electron chi connectivity index (χ4n) is 2.56. The van der Waals surface area contributed by atoms with Gasteiger partial charge in [0, 0.05) is 19.6 Å². The molecule has 1 saturated heterocycles. The summed E-state index contributed by atoms with van der Waals surface area (Å²) >= 11 is 0. The molecule has 1 fully saturated rings. The SMILES string of the molecule is C=CCNc1cnc(C(=O)Nc2ccccc2N2CCOCC2)cn1. The summed E-state index contributed by atoms with van der Waals surface area (Å²) < 4.78 is 5.39. The number of hydrogen-bond donors (Lipinski definition) is 2. The number of benzene rings is 1. The van der Waals surface area contributed by atoms with Gasteiger partial charge in [0.05, 0.1) is 37.0 Å². The molecule has 0 bridgehead atoms. The van der Waals surface area contributed by atoms with E-state index >= 15 is 0 Å². The maximum atomic E-state index is 12.5. The van der Waals surface area contributed by atoms with Crippen LogP contribution in [0.25, 0.3) is 0 Å². The van der Waals surface area contributed by atoms with Crippen LogP contribution < -0.4 is 15.5 Å². The lowest BCUT2D eigenvalue weighted by atomic mass is 10.2. The van der Waals surface area contributed by atoms with Gasteiger partial charge in [-0.05, 0) is 12.1 Å². The van der Waals surface area contributed by atoms with Crippen LogP contribution in [0.2, 0.25) is 0 Å². The Bertz CT molecular complexity index is 727. The van der Waals surface area contributed by atoms with Crippen LogP contribution in [-0.4, -0.2) is 48.7 Å². The maximum absolute atomic E-state index is 12.5. The molecule has 1 aromatic heterocycles. The minimum atomic E-state index is -0.288. The molecule has 0 spiro atoms. The lowest BCUT2D eigenvalue weighted by Gasteiger charge is -2.30. The smallest absolute Gasteiger partial charge is 0.275 e. The van der Waals surface area contributed by atoms with Crippen molar-refractivity contribution in [2.45, 2.75) is 0 Å². The van der Waals surface area contributed by atoms with Gasteiger partial charge in [0.25, 0.3) is 5.91 Å². The molecule has 2 aromatic rings. The molecule has 1 amide bonds. The minimum absolute atomic E-state index is 0.265. The first-order chi connectivity index (χ1) is 12.3. The average Bonchev–Trinajstić information content (AvgIpc) is 2.68. The highest BCUT2D eigenvalue weighted by atomic mass is 16.5. The summed E-state index contributed by atoms with van der Waals surface area (Å²) in [5, 5.41) is 5.95. The maximum Gasteiger partial charge on any atom is 0.275 e. The second-order valence-electron chi connectivity index (χ2n) is 5.53. The van der Waals surface area contributed by atoms with Gasteiger partial charge in [0.1, 0.15) is 11.5 Å². The van der Waals surface area contributed by atoms with Gasteiger partial charge in [0.2, 0.25) is 0 Å². The van der Waals surface area contributed by atoms with Crippen molar-refractivity contribution in [3.05, 3.63) is 55.0 Å². The topological polar surface area (TPSA) is 79.4 Å². The number of amides is 1. The largest absolute Gasteiger partial charge is 0.378 e. The standard InChI is InChI=1S/C18H21N5O2/c1-2-7-19-17-13-20-15(12-21-17)18(24)22-14-5-3-4-6-16(14)23-8-10-25-11-9-23/h2-6,12-13H,1,7-11H2,(H,19,21)(H,22,24). The number of rotatable bonds is 6. The summed E-state index contributed by atoms with van der Waals surface area (Å²) in [5.74, 6) is 0.314. The van der Waals surface area contributed by atoms with Crippen LogP contribution in [0.3, 0.4) is 0 Å². The number of morpholine rings is 1. The number of ether oxygens (including phenoxy) is 1. The molecule has 3 rings (SSSR count). The first-order valence-corrected chi connectivity index (χ1v) is 8.18. The number of carbonyl (C=O) groups excluding carboxylic acids is 1. The highest BCUT2D eigenvalue weighted by Gasteiger charge is 2.16. The van der Waals surface area contributed by atoms with E-state index in [9.17, 15) is 4.79 Å². The Morgan fingerprint density at radius 1 is 1.24 bits per heavy atom. The molecular formula is C18H21N5O2. The molecule has 1 aliphatic rings. The Morgan fingerprint density at radius 3 is 2.76 bits per heavy atom. The molecule has 1 aromatic carbocycles. The first kappa shape index (κ1) is 16.9. The molecular weight excluding hydrogens is 318 g/mol. The molecule has 1 aliphatic heterocycles. The summed E-state index contributed by atoms with van der Waals surface area (Å²) in [6.07, 6.45) is 4.72. The fourth-order valence-corrected chi connectivity index (χ4v) is 2.56. The fraction of sp³-hybridized carbons (Fsp3) is 0.278. The summed E-state index contributed by atoms with van der Waals surface area (Å²) in [6, 6.07) is 7.74. The van der Waals surface area contributed by atoms with Crippen molar-refractivity contribution < 1.29 is 9.53 Å². The van der Waals surface area contributed by atoms with Gasteiger partial charge in [0.15, 0.2) is 0 Å². The van der Waals surface area contributed by atoms with Crippen LogP contribution in [0.1, 0.15) is 10.5 Å². The lowest BCUT2D eigenvalue weighted by Crippen LogP contribution is -2.36. The number of aromatic nitrogens is 2. The van der Waals surface area contributed by atoms with E-state index in [1.165, 1.54) is 12.4 Å². The number of hydrogen-bond acceptors (Lipinski definition) is 6. The van der Waals surface area contributed by atoms with Crippen molar-refractivity contribution in [3.63, 3.8) is 0 Å². The third-order valence-electron chi connectivity index (χ3n) is 3.82. The second kappa shape index (κ2) is 8.25. The molecule has 0 atom stereocenters. The van der Waals surface area contributed by atoms with E-state index in [4.69, 9.17) is 4.74 Å². The van der Waals surface area contributed by atoms with Crippen molar-refractivity contribution in [1.82, 2.24) is 9.97 Å². The molecule has 0 saturated carbocycles. The molecule has 0 unspecified atom stereocenters. The monoisotopic (exact) mass is 339 g/mol. The van der Waals surface area contributed by atoms with Crippen LogP contribution >= 0.6 is 0 Å². The summed E-state index contributed by atoms with van der Waals surface area (Å²) in [5.41, 5.74) is 2.00. The molecule has 2 N–H and O–H groups in total. The molecule has 7 heteroatoms. The highest BCUT2D eigenvalue weighted by molar-refractivity contribution is 6.04. The van der Waals surface area contributed by atoms with E-state index in [1.54, 1.807) is 6.08 Å². The second-order valence-corrected chi connectivity index (χ2v) is 5.53. The Kier molecular flexibility index (Phi) is 5.58. The molecule has 0 radical (unpaired) electrons. The zero-order valence-corrected chi connectivity index (χ0v) is 13.9. The minimum Gasteiger partial charge on any atom is -0.378 e. The van der Waals surface area contributed by atoms with Gasteiger partial charge in [-0.2, -0.15) is 0 Å². The molecule has 2 heterocycles. The van der Waals surface area contributed by atoms with E-state index in [2.05, 4.69) is 32.1 Å². The van der Waals surface area contributed by atoms with E-state index < -0.39 is 0 Å². The Hall–Kier alpha value is -2.93. The number of anilines is 3. The van der Waals surface area contributed by atoms with Gasteiger partial charge in [-0.3, -0.25) is 4.79 Å². The van der Waals surface area contributed by atoms with Crippen molar-refractivity contribution in [1.29, 1.82) is 0 Å². The predicted octanol–water partition coefficient (Wildman–Crippen LogP) is 2.16. The molecule has 0 aliphatic carbocycles. The quantitative estimate of drug-likeness (QED) is 0.785. The van der Waals surface area contributed by atoms with E-state index in [-0.39, 0.29) is 11.6 Å². The molecule has 7 nitrogen and oxygen atoms in total. The Labute approximate surface area is 146 Å². The zero-order valence-electron chi connectivity index (χ0n) is 13.9. The van der Waals surface area contributed by atoms with Gasteiger partial charge < -0.3 is 20.3 Å². The van der Waals surface area contributed by atoms with Gasteiger partial charge in [-0.1, -0.05) is 18.2 Å². The first-order valence-electron chi connectivity index (χ1n) is 8.18. The van der Waals surface area contributed by atoms with Crippen LogP contribution in [-0.2, 0) is 4.74 Å². The van der Waals surface area contributed by atoms with Gasteiger partial charge >= 0.3 is 0 Å². The van der Waals surface area contributed by atoms with Crippen LogP contribution in [0.15, 0.2) is 49.3 Å². The lowest BCUT2D eigenvalue weighted by molar-refractivity contribution is 0.102. The van der Waals surface area contributed by atoms with Crippen molar-refractivity contribution in [2.75, 3.05) is 48.4 Å². The third kappa shape index (κ3) is 4.33.